The van der Waals surface area contributed by atoms with Gasteiger partial charge in [-0.25, -0.2) is 4.79 Å². The third-order valence-electron chi connectivity index (χ3n) is 4.39. The van der Waals surface area contributed by atoms with Gasteiger partial charge in [-0.15, -0.1) is 0 Å². The maximum Gasteiger partial charge on any atom is 0.370 e. The first-order valence-corrected chi connectivity index (χ1v) is 9.17. The predicted octanol–water partition coefficient (Wildman–Crippen LogP) is 3.92. The van der Waals surface area contributed by atoms with Gasteiger partial charge in [0.15, 0.2) is 6.61 Å². The maximum absolute atomic E-state index is 12.2. The number of nitrogens with zero attached hydrogens (tertiary/aromatic N) is 1. The number of amides is 2. The van der Waals surface area contributed by atoms with Crippen molar-refractivity contribution in [3.63, 3.8) is 0 Å². The van der Waals surface area contributed by atoms with Gasteiger partial charge in [-0.05, 0) is 55.5 Å². The molecule has 0 bridgehead atoms. The Bertz CT molecular complexity index is 1070. The Hall–Kier alpha value is -4.13. The van der Waals surface area contributed by atoms with Crippen molar-refractivity contribution in [3.8, 4) is 17.2 Å². The number of ether oxygens (including phenoxy) is 2. The Balaban J connectivity index is 1.30. The molecule has 7 heteroatoms. The van der Waals surface area contributed by atoms with Crippen LogP contribution in [-0.2, 0) is 9.63 Å². The number of carbonyl (C=O) groups excluding carboxylic acids is 3. The Morgan fingerprint density at radius 2 is 1.27 bits per heavy atom. The number of benzene rings is 3. The molecule has 3 aromatic carbocycles. The van der Waals surface area contributed by atoms with Crippen LogP contribution in [0.3, 0.4) is 0 Å². The topological polar surface area (TPSA) is 82.1 Å². The van der Waals surface area contributed by atoms with E-state index >= 15 is 0 Å². The van der Waals surface area contributed by atoms with Crippen molar-refractivity contribution in [3.05, 3.63) is 89.5 Å². The van der Waals surface area contributed by atoms with Gasteiger partial charge in [0.1, 0.15) is 17.2 Å². The molecule has 0 saturated carbocycles. The summed E-state index contributed by atoms with van der Waals surface area (Å²) in [7, 11) is 0. The summed E-state index contributed by atoms with van der Waals surface area (Å²) in [5, 5.41) is 0.453. The molecule has 0 radical (unpaired) electrons. The molecule has 1 aliphatic heterocycles. The van der Waals surface area contributed by atoms with Gasteiger partial charge in [0.05, 0.1) is 11.1 Å². The first kappa shape index (κ1) is 19.2. The molecule has 0 fully saturated rings. The standard InChI is InChI=1S/C23H17NO6/c1-15-6-8-17(9-7-15)29-18-12-10-16(11-13-18)28-14-21(25)30-24-22(26)19-4-2-3-5-20(19)23(24)27/h2-13H,14H2,1H3. The van der Waals surface area contributed by atoms with Crippen molar-refractivity contribution in [2.75, 3.05) is 6.61 Å². The molecule has 150 valence electrons. The predicted molar refractivity (Wildman–Crippen MR) is 106 cm³/mol. The lowest BCUT2D eigenvalue weighted by Crippen LogP contribution is -2.34. The van der Waals surface area contributed by atoms with E-state index in [1.165, 1.54) is 12.1 Å². The van der Waals surface area contributed by atoms with Gasteiger partial charge < -0.3 is 14.3 Å². The van der Waals surface area contributed by atoms with E-state index in [0.29, 0.717) is 22.3 Å². The first-order valence-electron chi connectivity index (χ1n) is 9.17. The second-order valence-electron chi connectivity index (χ2n) is 6.59. The van der Waals surface area contributed by atoms with Gasteiger partial charge in [-0.1, -0.05) is 34.9 Å². The highest BCUT2D eigenvalue weighted by Gasteiger charge is 2.38. The second kappa shape index (κ2) is 8.08. The smallest absolute Gasteiger partial charge is 0.370 e. The fraction of sp³-hybridized carbons (Fsp3) is 0.0870. The van der Waals surface area contributed by atoms with E-state index in [-0.39, 0.29) is 11.1 Å². The number of imide groups is 1. The van der Waals surface area contributed by atoms with Crippen molar-refractivity contribution in [2.24, 2.45) is 0 Å². The average Bonchev–Trinajstić information content (AvgIpc) is 3.00. The SMILES string of the molecule is Cc1ccc(Oc2ccc(OCC(=O)ON3C(=O)c4ccccc4C3=O)cc2)cc1. The van der Waals surface area contributed by atoms with Crippen LogP contribution in [0.15, 0.2) is 72.8 Å². The molecular formula is C23H17NO6. The van der Waals surface area contributed by atoms with Crippen molar-refractivity contribution in [1.82, 2.24) is 5.06 Å². The molecule has 30 heavy (non-hydrogen) atoms. The minimum absolute atomic E-state index is 0.195. The van der Waals surface area contributed by atoms with E-state index in [2.05, 4.69) is 0 Å². The molecule has 1 aliphatic rings. The summed E-state index contributed by atoms with van der Waals surface area (Å²) < 4.78 is 11.1. The van der Waals surface area contributed by atoms with Crippen molar-refractivity contribution in [2.45, 2.75) is 6.92 Å². The molecule has 3 aromatic rings. The van der Waals surface area contributed by atoms with Gasteiger partial charge in [0.2, 0.25) is 0 Å². The van der Waals surface area contributed by atoms with E-state index in [1.807, 2.05) is 31.2 Å². The summed E-state index contributed by atoms with van der Waals surface area (Å²) in [6.07, 6.45) is 0. The molecular weight excluding hydrogens is 386 g/mol. The molecule has 0 atom stereocenters. The third kappa shape index (κ3) is 4.00. The lowest BCUT2D eigenvalue weighted by Gasteiger charge is -2.13. The largest absolute Gasteiger partial charge is 0.482 e. The number of hydroxylamine groups is 2. The van der Waals surface area contributed by atoms with E-state index in [1.54, 1.807) is 36.4 Å². The lowest BCUT2D eigenvalue weighted by molar-refractivity contribution is -0.170. The number of aryl methyl sites for hydroxylation is 1. The van der Waals surface area contributed by atoms with Crippen molar-refractivity contribution in [1.29, 1.82) is 0 Å². The molecule has 0 unspecified atom stereocenters. The summed E-state index contributed by atoms with van der Waals surface area (Å²) in [5.41, 5.74) is 1.53. The fourth-order valence-electron chi connectivity index (χ4n) is 2.87. The monoisotopic (exact) mass is 403 g/mol. The van der Waals surface area contributed by atoms with Crippen LogP contribution in [0.2, 0.25) is 0 Å². The summed E-state index contributed by atoms with van der Waals surface area (Å²) in [4.78, 5) is 41.3. The Morgan fingerprint density at radius 1 is 0.767 bits per heavy atom. The highest BCUT2D eigenvalue weighted by atomic mass is 16.7. The minimum atomic E-state index is -0.871. The van der Waals surface area contributed by atoms with Gasteiger partial charge in [0.25, 0.3) is 11.8 Å². The molecule has 7 nitrogen and oxygen atoms in total. The highest BCUT2D eigenvalue weighted by molar-refractivity contribution is 6.20. The van der Waals surface area contributed by atoms with Crippen molar-refractivity contribution >= 4 is 17.8 Å². The normalized spacial score (nSPS) is 12.5. The summed E-state index contributed by atoms with van der Waals surface area (Å²) in [6.45, 7) is 1.53. The summed E-state index contributed by atoms with van der Waals surface area (Å²) >= 11 is 0. The lowest BCUT2D eigenvalue weighted by atomic mass is 10.1. The number of hydrogen-bond donors (Lipinski definition) is 0. The van der Waals surface area contributed by atoms with Crippen molar-refractivity contribution < 1.29 is 28.7 Å². The van der Waals surface area contributed by atoms with Crippen LogP contribution in [0, 0.1) is 6.92 Å². The third-order valence-corrected chi connectivity index (χ3v) is 4.39. The molecule has 0 aliphatic carbocycles. The highest BCUT2D eigenvalue weighted by Crippen LogP contribution is 2.25. The van der Waals surface area contributed by atoms with Gasteiger partial charge >= 0.3 is 5.97 Å². The van der Waals surface area contributed by atoms with Crippen LogP contribution in [0.4, 0.5) is 0 Å². The zero-order chi connectivity index (χ0) is 21.1. The van der Waals surface area contributed by atoms with Gasteiger partial charge in [0, 0.05) is 0 Å². The van der Waals surface area contributed by atoms with E-state index < -0.39 is 24.4 Å². The summed E-state index contributed by atoms with van der Waals surface area (Å²) in [6, 6.07) is 20.6. The number of hydrogen-bond acceptors (Lipinski definition) is 6. The average molecular weight is 403 g/mol. The van der Waals surface area contributed by atoms with Crippen LogP contribution in [-0.4, -0.2) is 29.5 Å². The van der Waals surface area contributed by atoms with Crippen LogP contribution in [0.1, 0.15) is 26.3 Å². The van der Waals surface area contributed by atoms with Gasteiger partial charge in [-0.2, -0.15) is 0 Å². The number of rotatable bonds is 6. The zero-order valence-corrected chi connectivity index (χ0v) is 16.0. The molecule has 2 amide bonds. The quantitative estimate of drug-likeness (QED) is 0.580. The zero-order valence-electron chi connectivity index (χ0n) is 16.0. The van der Waals surface area contributed by atoms with E-state index in [0.717, 1.165) is 5.56 Å². The van der Waals surface area contributed by atoms with Gasteiger partial charge in [-0.3, -0.25) is 9.59 Å². The number of fused-ring (bicyclic) bond motifs is 1. The minimum Gasteiger partial charge on any atom is -0.482 e. The maximum atomic E-state index is 12.2. The molecule has 0 aromatic heterocycles. The molecule has 4 rings (SSSR count). The fourth-order valence-corrected chi connectivity index (χ4v) is 2.87. The number of carbonyl (C=O) groups is 3. The molecule has 0 saturated heterocycles. The molecule has 0 N–H and O–H groups in total. The Morgan fingerprint density at radius 3 is 1.83 bits per heavy atom. The van der Waals surface area contributed by atoms with Crippen LogP contribution >= 0.6 is 0 Å². The van der Waals surface area contributed by atoms with Crippen LogP contribution < -0.4 is 9.47 Å². The molecule has 1 heterocycles. The van der Waals surface area contributed by atoms with Crippen LogP contribution in [0.25, 0.3) is 0 Å². The molecule has 0 spiro atoms. The second-order valence-corrected chi connectivity index (χ2v) is 6.59. The van der Waals surface area contributed by atoms with E-state index in [4.69, 9.17) is 14.3 Å². The van der Waals surface area contributed by atoms with E-state index in [9.17, 15) is 14.4 Å². The van der Waals surface area contributed by atoms with Crippen LogP contribution in [0.5, 0.6) is 17.2 Å². The Kier molecular flexibility index (Phi) is 5.17. The summed E-state index contributed by atoms with van der Waals surface area (Å²) in [5.74, 6) is -0.503. The Labute approximate surface area is 172 Å². The first-order chi connectivity index (χ1) is 14.5.